The van der Waals surface area contributed by atoms with Gasteiger partial charge in [-0.2, -0.15) is 0 Å². The lowest BCUT2D eigenvalue weighted by molar-refractivity contribution is 0.145. The summed E-state index contributed by atoms with van der Waals surface area (Å²) in [7, 11) is 1.68. The van der Waals surface area contributed by atoms with E-state index < -0.39 is 0 Å². The van der Waals surface area contributed by atoms with Crippen LogP contribution in [0.2, 0.25) is 0 Å². The molecule has 0 radical (unpaired) electrons. The Labute approximate surface area is 115 Å². The molecule has 0 amide bonds. The van der Waals surface area contributed by atoms with E-state index in [4.69, 9.17) is 21.1 Å². The van der Waals surface area contributed by atoms with E-state index in [0.717, 1.165) is 31.4 Å². The minimum Gasteiger partial charge on any atom is -0.491 e. The van der Waals surface area contributed by atoms with Crippen molar-refractivity contribution in [2.24, 2.45) is 0 Å². The van der Waals surface area contributed by atoms with Gasteiger partial charge in [0.25, 0.3) is 0 Å². The van der Waals surface area contributed by atoms with Crippen molar-refractivity contribution in [2.75, 3.05) is 20.3 Å². The third-order valence-corrected chi connectivity index (χ3v) is 3.28. The van der Waals surface area contributed by atoms with Gasteiger partial charge in [-0.1, -0.05) is 31.5 Å². The first-order valence-electron chi connectivity index (χ1n) is 6.61. The number of aryl methyl sites for hydroxylation is 1. The summed E-state index contributed by atoms with van der Waals surface area (Å²) < 4.78 is 10.7. The molecule has 0 N–H and O–H groups in total. The molecule has 0 aliphatic rings. The molecule has 0 spiro atoms. The fraction of sp³-hybridized carbons (Fsp3) is 0.600. The topological polar surface area (TPSA) is 18.5 Å². The van der Waals surface area contributed by atoms with Crippen LogP contribution in [0.1, 0.15) is 31.7 Å². The van der Waals surface area contributed by atoms with Crippen molar-refractivity contribution < 1.29 is 9.47 Å². The first-order chi connectivity index (χ1) is 8.77. The van der Waals surface area contributed by atoms with Crippen LogP contribution in [-0.2, 0) is 11.2 Å². The smallest absolute Gasteiger partial charge is 0.122 e. The Morgan fingerprint density at radius 1 is 1.17 bits per heavy atom. The van der Waals surface area contributed by atoms with Crippen LogP contribution in [0.4, 0.5) is 0 Å². The quantitative estimate of drug-likeness (QED) is 0.498. The number of hydrogen-bond donors (Lipinski definition) is 0. The summed E-state index contributed by atoms with van der Waals surface area (Å²) in [5.74, 6) is 0.954. The van der Waals surface area contributed by atoms with E-state index in [1.54, 1.807) is 7.11 Å². The van der Waals surface area contributed by atoms with Crippen LogP contribution in [0.25, 0.3) is 0 Å². The van der Waals surface area contributed by atoms with E-state index in [0.29, 0.717) is 13.2 Å². The molecule has 1 rings (SSSR count). The summed E-state index contributed by atoms with van der Waals surface area (Å²) in [6.45, 7) is 3.37. The van der Waals surface area contributed by atoms with Gasteiger partial charge in [-0.15, -0.1) is 11.6 Å². The normalized spacial score (nSPS) is 12.4. The SMILES string of the molecule is CCCC(Cl)CCc1ccccc1OCCOC. The molecule has 0 bridgehead atoms. The highest BCUT2D eigenvalue weighted by Gasteiger charge is 2.07. The Bertz CT molecular complexity index is 328. The molecule has 1 aromatic rings. The number of benzene rings is 1. The van der Waals surface area contributed by atoms with Crippen molar-refractivity contribution in [3.63, 3.8) is 0 Å². The number of methoxy groups -OCH3 is 1. The Hall–Kier alpha value is -0.730. The van der Waals surface area contributed by atoms with Crippen LogP contribution >= 0.6 is 11.6 Å². The van der Waals surface area contributed by atoms with Crippen LogP contribution in [0.5, 0.6) is 5.75 Å². The zero-order valence-electron chi connectivity index (χ0n) is 11.3. The van der Waals surface area contributed by atoms with Crippen LogP contribution < -0.4 is 4.74 Å². The molecule has 2 nitrogen and oxygen atoms in total. The third kappa shape index (κ3) is 5.74. The van der Waals surface area contributed by atoms with Gasteiger partial charge in [0, 0.05) is 12.5 Å². The molecule has 0 saturated carbocycles. The van der Waals surface area contributed by atoms with Gasteiger partial charge in [-0.05, 0) is 30.9 Å². The van der Waals surface area contributed by atoms with Gasteiger partial charge in [0.15, 0.2) is 0 Å². The third-order valence-electron chi connectivity index (χ3n) is 2.85. The van der Waals surface area contributed by atoms with E-state index in [1.165, 1.54) is 5.56 Å². The number of rotatable bonds is 9. The predicted molar refractivity (Wildman–Crippen MR) is 76.7 cm³/mol. The zero-order chi connectivity index (χ0) is 13.2. The van der Waals surface area contributed by atoms with Gasteiger partial charge in [-0.3, -0.25) is 0 Å². The summed E-state index contributed by atoms with van der Waals surface area (Å²) in [6, 6.07) is 8.16. The van der Waals surface area contributed by atoms with Crippen molar-refractivity contribution in [3.05, 3.63) is 29.8 Å². The van der Waals surface area contributed by atoms with Gasteiger partial charge < -0.3 is 9.47 Å². The average molecular weight is 271 g/mol. The summed E-state index contributed by atoms with van der Waals surface area (Å²) in [4.78, 5) is 0. The zero-order valence-corrected chi connectivity index (χ0v) is 12.1. The van der Waals surface area contributed by atoms with E-state index in [-0.39, 0.29) is 5.38 Å². The van der Waals surface area contributed by atoms with E-state index in [2.05, 4.69) is 13.0 Å². The van der Waals surface area contributed by atoms with E-state index in [9.17, 15) is 0 Å². The van der Waals surface area contributed by atoms with Crippen molar-refractivity contribution in [2.45, 2.75) is 38.0 Å². The minimum absolute atomic E-state index is 0.266. The highest BCUT2D eigenvalue weighted by atomic mass is 35.5. The fourth-order valence-corrected chi connectivity index (χ4v) is 2.18. The second-order valence-electron chi connectivity index (χ2n) is 4.37. The van der Waals surface area contributed by atoms with Gasteiger partial charge in [0.05, 0.1) is 6.61 Å². The highest BCUT2D eigenvalue weighted by Crippen LogP contribution is 2.22. The van der Waals surface area contributed by atoms with Gasteiger partial charge >= 0.3 is 0 Å². The standard InChI is InChI=1S/C15H23ClO2/c1-3-6-14(16)10-9-13-7-4-5-8-15(13)18-12-11-17-2/h4-5,7-8,14H,3,6,9-12H2,1-2H3. The van der Waals surface area contributed by atoms with Gasteiger partial charge in [0.1, 0.15) is 12.4 Å². The summed E-state index contributed by atoms with van der Waals surface area (Å²) in [5.41, 5.74) is 1.23. The Balaban J connectivity index is 2.48. The molecule has 0 aliphatic carbocycles. The van der Waals surface area contributed by atoms with Crippen molar-refractivity contribution in [1.29, 1.82) is 0 Å². The average Bonchev–Trinajstić information content (AvgIpc) is 2.38. The van der Waals surface area contributed by atoms with E-state index >= 15 is 0 Å². The molecule has 18 heavy (non-hydrogen) atoms. The summed E-state index contributed by atoms with van der Waals surface area (Å²) in [5, 5.41) is 0.266. The number of hydrogen-bond acceptors (Lipinski definition) is 2. The van der Waals surface area contributed by atoms with Gasteiger partial charge in [-0.25, -0.2) is 0 Å². The monoisotopic (exact) mass is 270 g/mol. The Kier molecular flexibility index (Phi) is 7.86. The highest BCUT2D eigenvalue weighted by molar-refractivity contribution is 6.20. The molecule has 0 saturated heterocycles. The number of halogens is 1. The van der Waals surface area contributed by atoms with Gasteiger partial charge in [0.2, 0.25) is 0 Å². The maximum atomic E-state index is 6.25. The molecular formula is C15H23ClO2. The van der Waals surface area contributed by atoms with E-state index in [1.807, 2.05) is 18.2 Å². The molecule has 102 valence electrons. The number of ether oxygens (including phenoxy) is 2. The maximum absolute atomic E-state index is 6.25. The first-order valence-corrected chi connectivity index (χ1v) is 7.05. The molecule has 3 heteroatoms. The molecule has 0 heterocycles. The predicted octanol–water partition coefficient (Wildman–Crippen LogP) is 4.05. The first kappa shape index (κ1) is 15.3. The van der Waals surface area contributed by atoms with Crippen LogP contribution in [0, 0.1) is 0 Å². The van der Waals surface area contributed by atoms with Crippen LogP contribution in [0.3, 0.4) is 0 Å². The molecular weight excluding hydrogens is 248 g/mol. The van der Waals surface area contributed by atoms with Crippen molar-refractivity contribution in [3.8, 4) is 5.75 Å². The molecule has 1 unspecified atom stereocenters. The largest absolute Gasteiger partial charge is 0.491 e. The fourth-order valence-electron chi connectivity index (χ4n) is 1.86. The van der Waals surface area contributed by atoms with Crippen LogP contribution in [-0.4, -0.2) is 25.7 Å². The maximum Gasteiger partial charge on any atom is 0.122 e. The minimum atomic E-state index is 0.266. The number of para-hydroxylation sites is 1. The lowest BCUT2D eigenvalue weighted by Crippen LogP contribution is -2.07. The lowest BCUT2D eigenvalue weighted by atomic mass is 10.1. The molecule has 1 atom stereocenters. The van der Waals surface area contributed by atoms with Crippen molar-refractivity contribution in [1.82, 2.24) is 0 Å². The second-order valence-corrected chi connectivity index (χ2v) is 4.99. The lowest BCUT2D eigenvalue weighted by Gasteiger charge is -2.12. The Morgan fingerprint density at radius 2 is 1.94 bits per heavy atom. The summed E-state index contributed by atoms with van der Waals surface area (Å²) in [6.07, 6.45) is 4.19. The Morgan fingerprint density at radius 3 is 2.67 bits per heavy atom. The molecule has 0 fully saturated rings. The molecule has 0 aromatic heterocycles. The van der Waals surface area contributed by atoms with Crippen molar-refractivity contribution >= 4 is 11.6 Å². The summed E-state index contributed by atoms with van der Waals surface area (Å²) >= 11 is 6.25. The second kappa shape index (κ2) is 9.23. The molecule has 0 aliphatic heterocycles. The number of alkyl halides is 1. The van der Waals surface area contributed by atoms with Crippen LogP contribution in [0.15, 0.2) is 24.3 Å². The molecule has 1 aromatic carbocycles.